The summed E-state index contributed by atoms with van der Waals surface area (Å²) in [5.41, 5.74) is 0.461. The van der Waals surface area contributed by atoms with E-state index in [4.69, 9.17) is 4.74 Å². The predicted molar refractivity (Wildman–Crippen MR) is 77.2 cm³/mol. The zero-order valence-corrected chi connectivity index (χ0v) is 12.5. The molecular formula is C15H24FN3O. The fraction of sp³-hybridized carbons (Fsp3) is 0.733. The van der Waals surface area contributed by atoms with E-state index in [1.807, 2.05) is 6.92 Å². The monoisotopic (exact) mass is 281 g/mol. The number of halogens is 1. The topological polar surface area (TPSA) is 47.0 Å². The Balaban J connectivity index is 2.00. The van der Waals surface area contributed by atoms with Crippen LogP contribution in [0.4, 0.5) is 10.2 Å². The Morgan fingerprint density at radius 2 is 2.25 bits per heavy atom. The van der Waals surface area contributed by atoms with E-state index in [0.29, 0.717) is 36.3 Å². The van der Waals surface area contributed by atoms with Crippen LogP contribution in [0.25, 0.3) is 0 Å². The highest BCUT2D eigenvalue weighted by atomic mass is 19.1. The van der Waals surface area contributed by atoms with Crippen molar-refractivity contribution in [1.82, 2.24) is 9.97 Å². The highest BCUT2D eigenvalue weighted by Gasteiger charge is 2.28. The lowest BCUT2D eigenvalue weighted by Crippen LogP contribution is -2.37. The Labute approximate surface area is 120 Å². The van der Waals surface area contributed by atoms with Gasteiger partial charge in [0.05, 0.1) is 11.8 Å². The van der Waals surface area contributed by atoms with Gasteiger partial charge in [0.15, 0.2) is 11.6 Å². The van der Waals surface area contributed by atoms with Gasteiger partial charge in [0.25, 0.3) is 0 Å². The summed E-state index contributed by atoms with van der Waals surface area (Å²) < 4.78 is 19.9. The lowest BCUT2D eigenvalue weighted by atomic mass is 9.87. The van der Waals surface area contributed by atoms with E-state index in [-0.39, 0.29) is 11.9 Å². The number of aryl methyl sites for hydroxylation is 1. The zero-order valence-electron chi connectivity index (χ0n) is 12.5. The first-order valence-electron chi connectivity index (χ1n) is 7.48. The van der Waals surface area contributed by atoms with Crippen molar-refractivity contribution < 1.29 is 9.13 Å². The number of ether oxygens (including phenoxy) is 1. The first kappa shape index (κ1) is 15.2. The molecular weight excluding hydrogens is 257 g/mol. The predicted octanol–water partition coefficient (Wildman–Crippen LogP) is 3.04. The lowest BCUT2D eigenvalue weighted by molar-refractivity contribution is -0.0481. The standard InChI is InChI=1S/C15H24FN3O/c1-4-12-13(16)15(19-9-18-12)17-8-11-6-5-7-20-14(11)10(2)3/h9-11,14H,4-8H2,1-3H3,(H,17,18,19). The fourth-order valence-corrected chi connectivity index (χ4v) is 2.82. The van der Waals surface area contributed by atoms with Crippen molar-refractivity contribution in [3.05, 3.63) is 17.8 Å². The maximum absolute atomic E-state index is 14.1. The molecule has 0 bridgehead atoms. The van der Waals surface area contributed by atoms with Crippen LogP contribution in [0, 0.1) is 17.7 Å². The van der Waals surface area contributed by atoms with Crippen molar-refractivity contribution in [3.8, 4) is 0 Å². The minimum absolute atomic E-state index is 0.242. The van der Waals surface area contributed by atoms with Crippen molar-refractivity contribution in [2.45, 2.75) is 46.1 Å². The molecule has 5 heteroatoms. The summed E-state index contributed by atoms with van der Waals surface area (Å²) in [5, 5.41) is 3.14. The van der Waals surface area contributed by atoms with E-state index in [9.17, 15) is 4.39 Å². The van der Waals surface area contributed by atoms with Crippen molar-refractivity contribution in [2.75, 3.05) is 18.5 Å². The maximum atomic E-state index is 14.1. The van der Waals surface area contributed by atoms with Crippen molar-refractivity contribution in [3.63, 3.8) is 0 Å². The fourth-order valence-electron chi connectivity index (χ4n) is 2.82. The number of hydrogen-bond donors (Lipinski definition) is 1. The molecule has 0 amide bonds. The summed E-state index contributed by atoms with van der Waals surface area (Å²) in [6.07, 6.45) is 4.42. The molecule has 0 aliphatic carbocycles. The van der Waals surface area contributed by atoms with Gasteiger partial charge >= 0.3 is 0 Å². The van der Waals surface area contributed by atoms with Gasteiger partial charge in [-0.2, -0.15) is 0 Å². The molecule has 1 fully saturated rings. The summed E-state index contributed by atoms with van der Waals surface area (Å²) in [5.74, 6) is 0.865. The molecule has 20 heavy (non-hydrogen) atoms. The molecule has 2 rings (SSSR count). The molecule has 112 valence electrons. The quantitative estimate of drug-likeness (QED) is 0.901. The Morgan fingerprint density at radius 1 is 1.45 bits per heavy atom. The number of anilines is 1. The second-order valence-electron chi connectivity index (χ2n) is 5.70. The Hall–Kier alpha value is -1.23. The molecule has 0 aromatic carbocycles. The molecule has 2 heterocycles. The van der Waals surface area contributed by atoms with Crippen LogP contribution in [0.5, 0.6) is 0 Å². The van der Waals surface area contributed by atoms with Crippen LogP contribution in [0.2, 0.25) is 0 Å². The molecule has 2 unspecified atom stereocenters. The zero-order chi connectivity index (χ0) is 14.5. The number of hydrogen-bond acceptors (Lipinski definition) is 4. The van der Waals surface area contributed by atoms with Gasteiger partial charge in [-0.15, -0.1) is 0 Å². The van der Waals surface area contributed by atoms with Crippen LogP contribution in [-0.4, -0.2) is 29.2 Å². The molecule has 0 radical (unpaired) electrons. The molecule has 0 saturated carbocycles. The van der Waals surface area contributed by atoms with Gasteiger partial charge in [-0.25, -0.2) is 14.4 Å². The molecule has 1 aromatic heterocycles. The van der Waals surface area contributed by atoms with Gasteiger partial charge in [-0.05, 0) is 25.2 Å². The molecule has 2 atom stereocenters. The van der Waals surface area contributed by atoms with Crippen LogP contribution in [0.15, 0.2) is 6.33 Å². The summed E-state index contributed by atoms with van der Waals surface area (Å²) in [6, 6.07) is 0. The van der Waals surface area contributed by atoms with Gasteiger partial charge in [0.1, 0.15) is 6.33 Å². The van der Waals surface area contributed by atoms with E-state index >= 15 is 0 Å². The van der Waals surface area contributed by atoms with E-state index in [2.05, 4.69) is 29.1 Å². The van der Waals surface area contributed by atoms with Crippen LogP contribution < -0.4 is 5.32 Å². The average molecular weight is 281 g/mol. The summed E-state index contributed by atoms with van der Waals surface area (Å²) in [6.45, 7) is 7.76. The van der Waals surface area contributed by atoms with Gasteiger partial charge < -0.3 is 10.1 Å². The highest BCUT2D eigenvalue weighted by molar-refractivity contribution is 5.37. The van der Waals surface area contributed by atoms with Gasteiger partial charge in [0, 0.05) is 19.1 Å². The largest absolute Gasteiger partial charge is 0.378 e. The third-order valence-electron chi connectivity index (χ3n) is 3.88. The van der Waals surface area contributed by atoms with Crippen molar-refractivity contribution in [2.24, 2.45) is 11.8 Å². The normalized spacial score (nSPS) is 23.1. The third kappa shape index (κ3) is 3.45. The van der Waals surface area contributed by atoms with E-state index < -0.39 is 0 Å². The molecule has 1 aromatic rings. The summed E-state index contributed by atoms with van der Waals surface area (Å²) in [7, 11) is 0. The van der Waals surface area contributed by atoms with Crippen molar-refractivity contribution >= 4 is 5.82 Å². The summed E-state index contributed by atoms with van der Waals surface area (Å²) in [4.78, 5) is 7.95. The van der Waals surface area contributed by atoms with E-state index in [1.165, 1.54) is 6.33 Å². The van der Waals surface area contributed by atoms with Gasteiger partial charge in [-0.3, -0.25) is 0 Å². The Kier molecular flexibility index (Phi) is 5.29. The SMILES string of the molecule is CCc1ncnc(NCC2CCCOC2C(C)C)c1F. The van der Waals surface area contributed by atoms with Gasteiger partial charge in [-0.1, -0.05) is 20.8 Å². The third-order valence-corrected chi connectivity index (χ3v) is 3.88. The van der Waals surface area contributed by atoms with E-state index in [0.717, 1.165) is 19.4 Å². The number of aromatic nitrogens is 2. The first-order chi connectivity index (χ1) is 9.63. The van der Waals surface area contributed by atoms with Crippen LogP contribution in [0.3, 0.4) is 0 Å². The Bertz CT molecular complexity index is 439. The minimum Gasteiger partial charge on any atom is -0.378 e. The minimum atomic E-state index is -0.326. The molecule has 1 saturated heterocycles. The second kappa shape index (κ2) is 6.97. The smallest absolute Gasteiger partial charge is 0.186 e. The second-order valence-corrected chi connectivity index (χ2v) is 5.70. The maximum Gasteiger partial charge on any atom is 0.186 e. The number of rotatable bonds is 5. The molecule has 1 aliphatic rings. The molecule has 0 spiro atoms. The van der Waals surface area contributed by atoms with Crippen molar-refractivity contribution in [1.29, 1.82) is 0 Å². The molecule has 1 aliphatic heterocycles. The lowest BCUT2D eigenvalue weighted by Gasteiger charge is -2.34. The molecule has 4 nitrogen and oxygen atoms in total. The average Bonchev–Trinajstić information content (AvgIpc) is 2.46. The number of nitrogens with zero attached hydrogens (tertiary/aromatic N) is 2. The van der Waals surface area contributed by atoms with Gasteiger partial charge in [0.2, 0.25) is 0 Å². The van der Waals surface area contributed by atoms with Crippen LogP contribution in [0.1, 0.15) is 39.3 Å². The van der Waals surface area contributed by atoms with Crippen LogP contribution >= 0.6 is 0 Å². The summed E-state index contributed by atoms with van der Waals surface area (Å²) >= 11 is 0. The molecule has 1 N–H and O–H groups in total. The number of nitrogens with one attached hydrogen (secondary N) is 1. The Morgan fingerprint density at radius 3 is 2.95 bits per heavy atom. The van der Waals surface area contributed by atoms with Crippen LogP contribution in [-0.2, 0) is 11.2 Å². The highest BCUT2D eigenvalue weighted by Crippen LogP contribution is 2.26. The first-order valence-corrected chi connectivity index (χ1v) is 7.48. The van der Waals surface area contributed by atoms with E-state index in [1.54, 1.807) is 0 Å².